The van der Waals surface area contributed by atoms with Gasteiger partial charge in [0.25, 0.3) is 5.91 Å². The van der Waals surface area contributed by atoms with E-state index in [2.05, 4.69) is 21.2 Å². The molecule has 0 heterocycles. The monoisotopic (exact) mass is 331 g/mol. The quantitative estimate of drug-likeness (QED) is 0.842. The first-order chi connectivity index (χ1) is 8.93. The first-order valence-electron chi connectivity index (χ1n) is 5.91. The summed E-state index contributed by atoms with van der Waals surface area (Å²) >= 11 is 3.00. The van der Waals surface area contributed by atoms with Crippen molar-refractivity contribution < 1.29 is 19.1 Å². The van der Waals surface area contributed by atoms with Gasteiger partial charge in [0, 0.05) is 11.6 Å². The molecule has 0 aliphatic rings. The van der Waals surface area contributed by atoms with Crippen LogP contribution in [0.25, 0.3) is 0 Å². The Morgan fingerprint density at radius 3 is 2.68 bits per heavy atom. The van der Waals surface area contributed by atoms with E-state index in [0.717, 1.165) is 12.5 Å². The first-order valence-corrected chi connectivity index (χ1v) is 6.71. The van der Waals surface area contributed by atoms with Gasteiger partial charge in [0.15, 0.2) is 0 Å². The third kappa shape index (κ3) is 4.98. The van der Waals surface area contributed by atoms with E-state index >= 15 is 0 Å². The van der Waals surface area contributed by atoms with Crippen molar-refractivity contribution in [2.45, 2.75) is 32.2 Å². The molecular formula is C13H15BrFNO3. The van der Waals surface area contributed by atoms with Crippen LogP contribution in [-0.4, -0.2) is 23.0 Å². The van der Waals surface area contributed by atoms with Gasteiger partial charge in [0.05, 0.1) is 10.9 Å². The summed E-state index contributed by atoms with van der Waals surface area (Å²) in [6, 6.07) is 3.59. The molecule has 104 valence electrons. The number of hydrogen-bond donors (Lipinski definition) is 2. The summed E-state index contributed by atoms with van der Waals surface area (Å²) in [4.78, 5) is 22.6. The summed E-state index contributed by atoms with van der Waals surface area (Å²) in [5.41, 5.74) is 0.173. The third-order valence-electron chi connectivity index (χ3n) is 2.58. The summed E-state index contributed by atoms with van der Waals surface area (Å²) in [5, 5.41) is 11.4. The average Bonchev–Trinajstić information content (AvgIpc) is 2.32. The van der Waals surface area contributed by atoms with Crippen molar-refractivity contribution in [1.29, 1.82) is 0 Å². The van der Waals surface area contributed by atoms with Gasteiger partial charge < -0.3 is 10.4 Å². The maximum Gasteiger partial charge on any atom is 0.305 e. The fraction of sp³-hybridized carbons (Fsp3) is 0.385. The normalized spacial score (nSPS) is 11.9. The zero-order valence-corrected chi connectivity index (χ0v) is 12.0. The van der Waals surface area contributed by atoms with E-state index in [1.54, 1.807) is 0 Å². The smallest absolute Gasteiger partial charge is 0.305 e. The standard InChI is InChI=1S/C13H15BrFNO3/c1-2-3-9(7-12(17)18)16-13(19)8-4-5-10(14)11(15)6-8/h4-6,9H,2-3,7H2,1H3,(H,16,19)(H,17,18). The van der Waals surface area contributed by atoms with E-state index in [1.165, 1.54) is 12.1 Å². The Kier molecular flexibility index (Phi) is 5.95. The highest BCUT2D eigenvalue weighted by molar-refractivity contribution is 9.10. The molecule has 0 saturated carbocycles. The topological polar surface area (TPSA) is 66.4 Å². The number of aliphatic carboxylic acids is 1. The molecule has 0 spiro atoms. The molecule has 0 aliphatic heterocycles. The Labute approximate surface area is 119 Å². The third-order valence-corrected chi connectivity index (χ3v) is 3.22. The largest absolute Gasteiger partial charge is 0.481 e. The fourth-order valence-electron chi connectivity index (χ4n) is 1.69. The summed E-state index contributed by atoms with van der Waals surface area (Å²) < 4.78 is 13.6. The van der Waals surface area contributed by atoms with E-state index in [-0.39, 0.29) is 16.5 Å². The second kappa shape index (κ2) is 7.23. The van der Waals surface area contributed by atoms with Gasteiger partial charge in [-0.1, -0.05) is 13.3 Å². The molecule has 0 aromatic heterocycles. The number of amides is 1. The minimum atomic E-state index is -0.972. The highest BCUT2D eigenvalue weighted by Crippen LogP contribution is 2.16. The molecule has 6 heteroatoms. The SMILES string of the molecule is CCCC(CC(=O)O)NC(=O)c1ccc(Br)c(F)c1. The van der Waals surface area contributed by atoms with Crippen molar-refractivity contribution in [2.24, 2.45) is 0 Å². The van der Waals surface area contributed by atoms with Gasteiger partial charge in [-0.05, 0) is 40.5 Å². The Hall–Kier alpha value is -1.43. The van der Waals surface area contributed by atoms with Crippen molar-refractivity contribution in [2.75, 3.05) is 0 Å². The first kappa shape index (κ1) is 15.6. The van der Waals surface area contributed by atoms with Gasteiger partial charge >= 0.3 is 5.97 Å². The molecule has 0 bridgehead atoms. The molecule has 0 fully saturated rings. The molecule has 1 unspecified atom stereocenters. The van der Waals surface area contributed by atoms with E-state index in [9.17, 15) is 14.0 Å². The number of hydrogen-bond acceptors (Lipinski definition) is 2. The van der Waals surface area contributed by atoms with Gasteiger partial charge in [0.2, 0.25) is 0 Å². The van der Waals surface area contributed by atoms with Crippen LogP contribution in [0.4, 0.5) is 4.39 Å². The van der Waals surface area contributed by atoms with E-state index in [4.69, 9.17) is 5.11 Å². The highest BCUT2D eigenvalue weighted by Gasteiger charge is 2.16. The van der Waals surface area contributed by atoms with Crippen molar-refractivity contribution in [3.8, 4) is 0 Å². The number of rotatable bonds is 6. The van der Waals surface area contributed by atoms with Gasteiger partial charge in [-0.15, -0.1) is 0 Å². The Bertz CT molecular complexity index is 479. The van der Waals surface area contributed by atoms with Crippen LogP contribution in [0, 0.1) is 5.82 Å². The van der Waals surface area contributed by atoms with Crippen LogP contribution in [0.1, 0.15) is 36.5 Å². The molecule has 0 saturated heterocycles. The summed E-state index contributed by atoms with van der Waals surface area (Å²) in [7, 11) is 0. The molecule has 4 nitrogen and oxygen atoms in total. The lowest BCUT2D eigenvalue weighted by Crippen LogP contribution is -2.36. The number of carboxylic acid groups (broad SMARTS) is 1. The second-order valence-electron chi connectivity index (χ2n) is 4.19. The predicted octanol–water partition coefficient (Wildman–Crippen LogP) is 2.96. The summed E-state index contributed by atoms with van der Waals surface area (Å²) in [6.07, 6.45) is 1.18. The molecule has 0 radical (unpaired) electrons. The number of carbonyl (C=O) groups excluding carboxylic acids is 1. The lowest BCUT2D eigenvalue weighted by atomic mass is 10.1. The van der Waals surface area contributed by atoms with Gasteiger partial charge in [-0.2, -0.15) is 0 Å². The molecule has 2 N–H and O–H groups in total. The van der Waals surface area contributed by atoms with E-state index in [0.29, 0.717) is 6.42 Å². The molecular weight excluding hydrogens is 317 g/mol. The van der Waals surface area contributed by atoms with Crippen LogP contribution >= 0.6 is 15.9 Å². The Morgan fingerprint density at radius 2 is 2.16 bits per heavy atom. The molecule has 1 aromatic carbocycles. The van der Waals surface area contributed by atoms with Crippen molar-refractivity contribution in [3.63, 3.8) is 0 Å². The van der Waals surface area contributed by atoms with Crippen LogP contribution in [0.15, 0.2) is 22.7 Å². The highest BCUT2D eigenvalue weighted by atomic mass is 79.9. The minimum absolute atomic E-state index is 0.140. The average molecular weight is 332 g/mol. The Morgan fingerprint density at radius 1 is 1.47 bits per heavy atom. The number of carbonyl (C=O) groups is 2. The Balaban J connectivity index is 2.75. The molecule has 1 atom stereocenters. The van der Waals surface area contributed by atoms with Gasteiger partial charge in [-0.3, -0.25) is 9.59 Å². The minimum Gasteiger partial charge on any atom is -0.481 e. The predicted molar refractivity (Wildman–Crippen MR) is 72.5 cm³/mol. The summed E-state index contributed by atoms with van der Waals surface area (Å²) in [5.74, 6) is -1.97. The molecule has 19 heavy (non-hydrogen) atoms. The van der Waals surface area contributed by atoms with Gasteiger partial charge in [-0.25, -0.2) is 4.39 Å². The van der Waals surface area contributed by atoms with Crippen LogP contribution in [0.2, 0.25) is 0 Å². The number of benzene rings is 1. The van der Waals surface area contributed by atoms with Crippen molar-refractivity contribution in [3.05, 3.63) is 34.1 Å². The zero-order chi connectivity index (χ0) is 14.4. The molecule has 0 aliphatic carbocycles. The van der Waals surface area contributed by atoms with Crippen LogP contribution in [0.3, 0.4) is 0 Å². The van der Waals surface area contributed by atoms with Gasteiger partial charge in [0.1, 0.15) is 5.82 Å². The number of carboxylic acids is 1. The van der Waals surface area contributed by atoms with Crippen LogP contribution in [0.5, 0.6) is 0 Å². The fourth-order valence-corrected chi connectivity index (χ4v) is 1.94. The summed E-state index contributed by atoms with van der Waals surface area (Å²) in [6.45, 7) is 1.90. The lowest BCUT2D eigenvalue weighted by Gasteiger charge is -2.16. The number of nitrogens with one attached hydrogen (secondary N) is 1. The van der Waals surface area contributed by atoms with Crippen molar-refractivity contribution in [1.82, 2.24) is 5.32 Å². The molecule has 1 amide bonds. The van der Waals surface area contributed by atoms with E-state index in [1.807, 2.05) is 6.92 Å². The maximum atomic E-state index is 13.3. The van der Waals surface area contributed by atoms with Crippen LogP contribution < -0.4 is 5.32 Å². The maximum absolute atomic E-state index is 13.3. The second-order valence-corrected chi connectivity index (χ2v) is 5.04. The molecule has 1 aromatic rings. The van der Waals surface area contributed by atoms with E-state index < -0.39 is 23.7 Å². The number of halogens is 2. The molecule has 1 rings (SSSR count). The lowest BCUT2D eigenvalue weighted by molar-refractivity contribution is -0.137. The van der Waals surface area contributed by atoms with Crippen LogP contribution in [-0.2, 0) is 4.79 Å². The van der Waals surface area contributed by atoms with Crippen molar-refractivity contribution >= 4 is 27.8 Å². The zero-order valence-electron chi connectivity index (χ0n) is 10.5.